The maximum Gasteiger partial charge on any atom is 0.126 e. The molecule has 0 unspecified atom stereocenters. The van der Waals surface area contributed by atoms with Gasteiger partial charge in [0, 0.05) is 9.93 Å². The second-order valence-electron chi connectivity index (χ2n) is 0.289. The molecule has 0 saturated heterocycles. The molecule has 0 atom stereocenters. The summed E-state index contributed by atoms with van der Waals surface area (Å²) in [7, 11) is 0. The maximum atomic E-state index is 7.00. The lowest BCUT2D eigenvalue weighted by Gasteiger charge is -1.32. The highest BCUT2D eigenvalue weighted by atomic mass is 16.7. The van der Waals surface area contributed by atoms with Gasteiger partial charge in [-0.3, -0.25) is 0 Å². The molecule has 0 amide bonds. The average molecular weight is 166 g/mol. The molecule has 0 heterocycles. The monoisotopic (exact) mass is 166 g/mol. The Balaban J connectivity index is -0.0000000133. The van der Waals surface area contributed by atoms with Crippen molar-refractivity contribution in [3.05, 3.63) is 9.93 Å². The van der Waals surface area contributed by atoms with E-state index in [2.05, 4.69) is 11.5 Å². The highest BCUT2D eigenvalue weighted by molar-refractivity contribution is 4.71. The third kappa shape index (κ3) is 118. The fraction of sp³-hybridized carbons (Fsp3) is 0.429. The first kappa shape index (κ1) is 22.8. The second kappa shape index (κ2) is 4350. The molecule has 0 aliphatic heterocycles. The van der Waals surface area contributed by atoms with Gasteiger partial charge in [0.25, 0.3) is 0 Å². The van der Waals surface area contributed by atoms with Crippen molar-refractivity contribution >= 4 is 0 Å². The number of rotatable bonds is 0. The van der Waals surface area contributed by atoms with Crippen molar-refractivity contribution in [2.75, 3.05) is 0 Å². The van der Waals surface area contributed by atoms with Gasteiger partial charge in [-0.1, -0.05) is 35.1 Å². The van der Waals surface area contributed by atoms with Gasteiger partial charge in [-0.05, 0) is 12.1 Å². The van der Waals surface area contributed by atoms with Gasteiger partial charge in [0.15, 0.2) is 0 Å². The Kier molecular flexibility index (Phi) is 9020. The van der Waals surface area contributed by atoms with Crippen LogP contribution in [0.1, 0.15) is 25.0 Å². The quantitative estimate of drug-likeness (QED) is 0.416. The Labute approximate surface area is 72.4 Å². The first-order chi connectivity index (χ1) is 4.83. The minimum atomic E-state index is 0. The molecule has 0 aromatic heterocycles. The van der Waals surface area contributed by atoms with E-state index in [4.69, 9.17) is 12.7 Å². The predicted molar refractivity (Wildman–Crippen MR) is 53.0 cm³/mol. The van der Waals surface area contributed by atoms with Crippen LogP contribution in [0.25, 0.3) is 0 Å². The van der Waals surface area contributed by atoms with Crippen LogP contribution in [0.4, 0.5) is 0 Å². The highest BCUT2D eigenvalue weighted by Crippen LogP contribution is 0.900. The van der Waals surface area contributed by atoms with Crippen LogP contribution in [0.5, 0.6) is 0 Å². The molecule has 4 N–H and O–H groups in total. The molecule has 0 saturated carbocycles. The summed E-state index contributed by atoms with van der Waals surface area (Å²) in [6, 6.07) is 3.69. The van der Waals surface area contributed by atoms with E-state index in [9.17, 15) is 0 Å². The summed E-state index contributed by atoms with van der Waals surface area (Å²) in [5.74, 6) is 0. The van der Waals surface area contributed by atoms with Gasteiger partial charge in [0.05, 0.1) is 0 Å². The van der Waals surface area contributed by atoms with Crippen molar-refractivity contribution < 1.29 is 2.74 Å². The van der Waals surface area contributed by atoms with E-state index in [1.165, 1.54) is 0 Å². The Morgan fingerprint density at radius 1 is 1.00 bits per heavy atom. The van der Waals surface area contributed by atoms with Crippen LogP contribution in [0.3, 0.4) is 0 Å². The second-order valence-corrected chi connectivity index (χ2v) is 0.289. The van der Waals surface area contributed by atoms with Gasteiger partial charge in [0.2, 0.25) is 0 Å². The molecule has 0 rings (SSSR count). The molecule has 0 radical (unpaired) electrons. The zero-order valence-corrected chi connectivity index (χ0v) is 3.97. The summed E-state index contributed by atoms with van der Waals surface area (Å²) >= 11 is 0. The Morgan fingerprint density at radius 3 is 1.09 bits per heavy atom. The molecule has 0 aliphatic carbocycles. The molecule has 68 valence electrons. The summed E-state index contributed by atoms with van der Waals surface area (Å²) in [6.07, 6.45) is 3.42. The van der Waals surface area contributed by atoms with E-state index in [1.807, 2.05) is 12.1 Å². The summed E-state index contributed by atoms with van der Waals surface area (Å²) in [5.41, 5.74) is 8.96. The summed E-state index contributed by atoms with van der Waals surface area (Å²) < 4.78 is 11.9. The minimum absolute atomic E-state index is 0. The van der Waals surface area contributed by atoms with Crippen molar-refractivity contribution in [2.45, 2.75) is 22.3 Å². The van der Waals surface area contributed by atoms with Gasteiger partial charge in [-0.2, -0.15) is 0 Å². The molecule has 4 nitrogen and oxygen atoms in total. The molecule has 0 spiro atoms. The fourth-order valence-electron chi connectivity index (χ4n) is 0. The topological polar surface area (TPSA) is 86.2 Å². The lowest BCUT2D eigenvalue weighted by atomic mass is 11.2. The molecule has 0 aliphatic rings. The predicted octanol–water partition coefficient (Wildman–Crippen LogP) is 1.05. The molecule has 0 bridgehead atoms. The van der Waals surface area contributed by atoms with Crippen LogP contribution in [-0.2, 0) is 0 Å². The van der Waals surface area contributed by atoms with Crippen molar-refractivity contribution in [1.29, 1.82) is 0 Å². The van der Waals surface area contributed by atoms with E-state index >= 15 is 0 Å². The van der Waals surface area contributed by atoms with E-state index in [-0.39, 0.29) is 22.3 Å². The number of terminal acetylenes is 2. The Morgan fingerprint density at radius 2 is 1.09 bits per heavy atom. The van der Waals surface area contributed by atoms with Crippen molar-refractivity contribution in [1.82, 2.24) is 0 Å². The normalized spacial score (nSPS) is 2.91. The van der Waals surface area contributed by atoms with E-state index in [0.717, 1.165) is 0 Å². The van der Waals surface area contributed by atoms with Gasteiger partial charge in [-0.15, -0.1) is 0 Å². The zero-order chi connectivity index (χ0) is 8.83. The SMILES string of the molecule is C.C.C.O=O.[3H]C#CN.[3H]C#CN. The van der Waals surface area contributed by atoms with E-state index < -0.39 is 0 Å². The first-order valence-electron chi connectivity index (χ1n) is 2.24. The van der Waals surface area contributed by atoms with Crippen molar-refractivity contribution in [3.63, 3.8) is 0 Å². The lowest BCUT2D eigenvalue weighted by molar-refractivity contribution is 1.76. The first-order valence-corrected chi connectivity index (χ1v) is 1.24. The van der Waals surface area contributed by atoms with E-state index in [1.54, 1.807) is 12.8 Å². The molecule has 11 heavy (non-hydrogen) atoms. The van der Waals surface area contributed by atoms with Gasteiger partial charge >= 0.3 is 0 Å². The Hall–Kier alpha value is -1.68. The molecular weight excluding hydrogens is 144 g/mol. The van der Waals surface area contributed by atoms with Crippen LogP contribution < -0.4 is 11.5 Å². The average Bonchev–Trinajstić information content (AvgIpc) is 2.08. The van der Waals surface area contributed by atoms with Crippen LogP contribution in [0, 0.1) is 34.8 Å². The fourth-order valence-corrected chi connectivity index (χ4v) is 0. The lowest BCUT2D eigenvalue weighted by Crippen LogP contribution is -1.69. The van der Waals surface area contributed by atoms with Crippen molar-refractivity contribution in [3.8, 4) is 24.9 Å². The molecule has 0 fully saturated rings. The summed E-state index contributed by atoms with van der Waals surface area (Å²) in [5, 5.41) is 0. The van der Waals surface area contributed by atoms with Gasteiger partial charge < -0.3 is 11.5 Å². The third-order valence-corrected chi connectivity index (χ3v) is 0. The van der Waals surface area contributed by atoms with Gasteiger partial charge in [-0.25, -0.2) is 0 Å². The largest absolute Gasteiger partial charge is 0.360 e. The van der Waals surface area contributed by atoms with Crippen molar-refractivity contribution in [2.24, 2.45) is 11.5 Å². The summed E-state index contributed by atoms with van der Waals surface area (Å²) in [4.78, 5) is 14.0. The van der Waals surface area contributed by atoms with E-state index in [0.29, 0.717) is 0 Å². The highest BCUT2D eigenvalue weighted by Gasteiger charge is 1.02. The minimum Gasteiger partial charge on any atom is -0.360 e. The smallest absolute Gasteiger partial charge is 0.126 e. The molecule has 0 aromatic carbocycles. The number of nitrogens with two attached hydrogens (primary N) is 2. The van der Waals surface area contributed by atoms with Crippen LogP contribution in [0.15, 0.2) is 0 Å². The maximum absolute atomic E-state index is 7.00. The third-order valence-electron chi connectivity index (χ3n) is 0. The molecule has 4 heteroatoms. The Bertz CT molecular complexity index is 125. The standard InChI is InChI=1S/2C2H3N.3CH4.O2/c2*1-2-3;;;;1-2/h2*1H,3H2;3*1H4;/i2*1T;;;;. The number of hydrogen-bond acceptors (Lipinski definition) is 4. The van der Waals surface area contributed by atoms with Crippen LogP contribution >= 0.6 is 0 Å². The van der Waals surface area contributed by atoms with Gasteiger partial charge in [0.1, 0.15) is 2.74 Å². The zero-order valence-electron chi connectivity index (χ0n) is 5.97. The molecular formula is C7H18N2O2. The van der Waals surface area contributed by atoms with Crippen LogP contribution in [0.2, 0.25) is 0 Å². The molecule has 0 aromatic rings. The number of hydrogen-bond donors (Lipinski definition) is 2. The van der Waals surface area contributed by atoms with Crippen LogP contribution in [-0.4, -0.2) is 0 Å². The summed E-state index contributed by atoms with van der Waals surface area (Å²) in [6.45, 7) is 0.